The van der Waals surface area contributed by atoms with Crippen molar-refractivity contribution in [3.63, 3.8) is 0 Å². The van der Waals surface area contributed by atoms with E-state index in [0.717, 1.165) is 19.6 Å². The first-order chi connectivity index (χ1) is 17.0. The third-order valence-corrected chi connectivity index (χ3v) is 6.22. The Bertz CT molecular complexity index is 1090. The molecule has 2 heterocycles. The number of rotatable bonds is 9. The van der Waals surface area contributed by atoms with Crippen molar-refractivity contribution in [3.8, 4) is 11.5 Å². The number of carbonyl (C=O) groups is 2. The molecule has 0 bridgehead atoms. The number of likely N-dealkylation sites (tertiary alicyclic amines) is 1. The minimum Gasteiger partial charge on any atom is -0.508 e. The Labute approximate surface area is 204 Å². The van der Waals surface area contributed by atoms with Gasteiger partial charge in [0.25, 0.3) is 11.7 Å². The summed E-state index contributed by atoms with van der Waals surface area (Å²) < 4.78 is 10.9. The largest absolute Gasteiger partial charge is 0.508 e. The predicted molar refractivity (Wildman–Crippen MR) is 131 cm³/mol. The van der Waals surface area contributed by atoms with Gasteiger partial charge in [0, 0.05) is 31.7 Å². The number of Topliss-reactive ketones (excluding diaryl/α,β-unsaturated/α-hetero) is 1. The molecule has 8 heteroatoms. The summed E-state index contributed by atoms with van der Waals surface area (Å²) >= 11 is 0. The van der Waals surface area contributed by atoms with Gasteiger partial charge in [0.1, 0.15) is 23.9 Å². The normalized spacial score (nSPS) is 20.2. The number of nitrogens with zero attached hydrogens (tertiary/aromatic N) is 2. The third-order valence-electron chi connectivity index (χ3n) is 6.22. The van der Waals surface area contributed by atoms with Gasteiger partial charge in [-0.05, 0) is 48.4 Å². The van der Waals surface area contributed by atoms with Crippen LogP contribution in [0.2, 0.25) is 0 Å². The number of aliphatic hydroxyl groups excluding tert-OH is 1. The fourth-order valence-corrected chi connectivity index (χ4v) is 4.42. The summed E-state index contributed by atoms with van der Waals surface area (Å²) in [6.07, 6.45) is 2.31. The van der Waals surface area contributed by atoms with Crippen molar-refractivity contribution in [3.05, 3.63) is 77.9 Å². The van der Waals surface area contributed by atoms with Gasteiger partial charge in [0.2, 0.25) is 0 Å². The van der Waals surface area contributed by atoms with Gasteiger partial charge in [-0.25, -0.2) is 0 Å². The van der Waals surface area contributed by atoms with Crippen molar-refractivity contribution in [2.75, 3.05) is 46.0 Å². The summed E-state index contributed by atoms with van der Waals surface area (Å²) in [6, 6.07) is 12.3. The second-order valence-corrected chi connectivity index (χ2v) is 8.52. The van der Waals surface area contributed by atoms with Crippen LogP contribution in [0.15, 0.2) is 66.8 Å². The third kappa shape index (κ3) is 5.55. The molecule has 2 aliphatic heterocycles. The van der Waals surface area contributed by atoms with E-state index in [0.29, 0.717) is 49.7 Å². The van der Waals surface area contributed by atoms with E-state index in [1.165, 1.54) is 17.0 Å². The number of ether oxygens (including phenoxy) is 2. The molecule has 2 fully saturated rings. The van der Waals surface area contributed by atoms with Crippen LogP contribution in [-0.2, 0) is 14.3 Å². The quantitative estimate of drug-likeness (QED) is 0.247. The minimum absolute atomic E-state index is 0.0341. The predicted octanol–water partition coefficient (Wildman–Crippen LogP) is 3.10. The van der Waals surface area contributed by atoms with Crippen LogP contribution in [-0.4, -0.2) is 77.7 Å². The van der Waals surface area contributed by atoms with E-state index in [2.05, 4.69) is 11.5 Å². The number of phenolic OH excluding ortho intramolecular Hbond substituents is 1. The minimum atomic E-state index is -0.753. The fourth-order valence-electron chi connectivity index (χ4n) is 4.42. The zero-order valence-corrected chi connectivity index (χ0v) is 19.6. The average molecular weight is 479 g/mol. The van der Waals surface area contributed by atoms with Crippen LogP contribution >= 0.6 is 0 Å². The molecular formula is C27H30N2O6. The van der Waals surface area contributed by atoms with Crippen molar-refractivity contribution in [1.82, 2.24) is 9.80 Å². The van der Waals surface area contributed by atoms with Crippen molar-refractivity contribution in [2.45, 2.75) is 12.5 Å². The van der Waals surface area contributed by atoms with Gasteiger partial charge in [0.15, 0.2) is 0 Å². The molecule has 0 radical (unpaired) electrons. The Hall–Kier alpha value is -3.62. The maximum absolute atomic E-state index is 13.1. The lowest BCUT2D eigenvalue weighted by molar-refractivity contribution is -0.140. The highest BCUT2D eigenvalue weighted by Crippen LogP contribution is 2.40. The first-order valence-electron chi connectivity index (χ1n) is 11.7. The Kier molecular flexibility index (Phi) is 7.84. The highest BCUT2D eigenvalue weighted by molar-refractivity contribution is 6.46. The van der Waals surface area contributed by atoms with Gasteiger partial charge in [-0.1, -0.05) is 24.8 Å². The number of amides is 1. The zero-order chi connectivity index (χ0) is 24.8. The highest BCUT2D eigenvalue weighted by Gasteiger charge is 2.45. The number of morpholine rings is 1. The van der Waals surface area contributed by atoms with E-state index in [-0.39, 0.29) is 17.1 Å². The van der Waals surface area contributed by atoms with Gasteiger partial charge in [-0.2, -0.15) is 0 Å². The first-order valence-corrected chi connectivity index (χ1v) is 11.7. The van der Waals surface area contributed by atoms with Crippen LogP contribution in [0.5, 0.6) is 11.5 Å². The number of aromatic hydroxyl groups is 1. The van der Waals surface area contributed by atoms with Crippen LogP contribution in [0.25, 0.3) is 5.76 Å². The molecule has 0 aromatic heterocycles. The van der Waals surface area contributed by atoms with Crippen molar-refractivity contribution >= 4 is 17.4 Å². The highest BCUT2D eigenvalue weighted by atomic mass is 16.5. The van der Waals surface area contributed by atoms with E-state index in [9.17, 15) is 19.8 Å². The fraction of sp³-hybridized carbons (Fsp3) is 0.333. The molecule has 35 heavy (non-hydrogen) atoms. The molecule has 184 valence electrons. The molecule has 0 unspecified atom stereocenters. The molecule has 1 atom stereocenters. The molecule has 0 saturated carbocycles. The van der Waals surface area contributed by atoms with Crippen molar-refractivity contribution in [2.24, 2.45) is 0 Å². The molecule has 2 saturated heterocycles. The van der Waals surface area contributed by atoms with Crippen LogP contribution in [0.3, 0.4) is 0 Å². The zero-order valence-electron chi connectivity index (χ0n) is 19.6. The maximum atomic E-state index is 13.1. The van der Waals surface area contributed by atoms with Crippen molar-refractivity contribution < 1.29 is 29.3 Å². The molecule has 2 N–H and O–H groups in total. The van der Waals surface area contributed by atoms with E-state index in [1.54, 1.807) is 42.5 Å². The van der Waals surface area contributed by atoms with Gasteiger partial charge in [-0.3, -0.25) is 14.5 Å². The lowest BCUT2D eigenvalue weighted by Crippen LogP contribution is -2.38. The van der Waals surface area contributed by atoms with E-state index < -0.39 is 17.7 Å². The number of phenols is 1. The topological polar surface area (TPSA) is 99.5 Å². The Morgan fingerprint density at radius 2 is 1.74 bits per heavy atom. The molecule has 8 nitrogen and oxygen atoms in total. The number of hydrogen-bond donors (Lipinski definition) is 2. The Morgan fingerprint density at radius 1 is 1.06 bits per heavy atom. The van der Waals surface area contributed by atoms with Crippen LogP contribution in [0.4, 0.5) is 0 Å². The molecule has 2 aromatic carbocycles. The number of hydrogen-bond acceptors (Lipinski definition) is 7. The van der Waals surface area contributed by atoms with Gasteiger partial charge < -0.3 is 24.6 Å². The molecule has 2 aliphatic rings. The molecular weight excluding hydrogens is 448 g/mol. The summed E-state index contributed by atoms with van der Waals surface area (Å²) in [5.74, 6) is -0.933. The van der Waals surface area contributed by atoms with Gasteiger partial charge in [0.05, 0.1) is 24.8 Å². The lowest BCUT2D eigenvalue weighted by Gasteiger charge is -2.29. The second-order valence-electron chi connectivity index (χ2n) is 8.52. The molecule has 1 amide bonds. The molecule has 2 aromatic rings. The van der Waals surface area contributed by atoms with Crippen LogP contribution < -0.4 is 4.74 Å². The standard InChI is InChI=1S/C27H30N2O6/c1-2-16-35-22-10-6-20(7-11-22)25(31)23-24(19-4-8-21(30)9-5-19)29(27(33)26(23)32)13-3-12-28-14-17-34-18-15-28/h2,4-11,24,30-31H,1,3,12-18H2/t24-/m0/s1. The molecule has 4 rings (SSSR count). The summed E-state index contributed by atoms with van der Waals surface area (Å²) in [6.45, 7) is 8.16. The number of aliphatic hydroxyl groups is 1. The monoisotopic (exact) mass is 478 g/mol. The van der Waals surface area contributed by atoms with Crippen LogP contribution in [0.1, 0.15) is 23.6 Å². The lowest BCUT2D eigenvalue weighted by atomic mass is 9.95. The summed E-state index contributed by atoms with van der Waals surface area (Å²) in [7, 11) is 0. The van der Waals surface area contributed by atoms with E-state index in [1.807, 2.05) is 0 Å². The summed E-state index contributed by atoms with van der Waals surface area (Å²) in [4.78, 5) is 30.0. The Balaban J connectivity index is 1.63. The molecule has 0 spiro atoms. The van der Waals surface area contributed by atoms with E-state index in [4.69, 9.17) is 9.47 Å². The summed E-state index contributed by atoms with van der Waals surface area (Å²) in [5.41, 5.74) is 1.08. The second kappa shape index (κ2) is 11.2. The number of carbonyl (C=O) groups excluding carboxylic acids is 2. The van der Waals surface area contributed by atoms with Gasteiger partial charge in [-0.15, -0.1) is 0 Å². The van der Waals surface area contributed by atoms with Crippen LogP contribution in [0, 0.1) is 0 Å². The summed E-state index contributed by atoms with van der Waals surface area (Å²) in [5, 5.41) is 20.9. The van der Waals surface area contributed by atoms with Crippen molar-refractivity contribution in [1.29, 1.82) is 0 Å². The Morgan fingerprint density at radius 3 is 2.40 bits per heavy atom. The average Bonchev–Trinajstić information content (AvgIpc) is 3.13. The van der Waals surface area contributed by atoms with E-state index >= 15 is 0 Å². The number of benzene rings is 2. The first kappa shape index (κ1) is 24.5. The van der Waals surface area contributed by atoms with Gasteiger partial charge >= 0.3 is 0 Å². The number of ketones is 1. The SMILES string of the molecule is C=CCOc1ccc(C(O)=C2C(=O)C(=O)N(CCCN3CCOCC3)[C@H]2c2ccc(O)cc2)cc1. The maximum Gasteiger partial charge on any atom is 0.295 e. The smallest absolute Gasteiger partial charge is 0.295 e. The molecule has 0 aliphatic carbocycles.